The molecule has 0 amide bonds. The molecule has 0 aromatic carbocycles. The zero-order chi connectivity index (χ0) is 5.98. The minimum Gasteiger partial charge on any atom is -0.330 e. The largest absolute Gasteiger partial charge is 0.330 e. The third kappa shape index (κ3) is 1.18. The Labute approximate surface area is 48.9 Å². The summed E-state index contributed by atoms with van der Waals surface area (Å²) in [5, 5.41) is 0. The van der Waals surface area contributed by atoms with Crippen LogP contribution in [0.4, 0.5) is 0 Å². The van der Waals surface area contributed by atoms with Gasteiger partial charge in [-0.25, -0.2) is 5.90 Å². The maximum Gasteiger partial charge on any atom is 0.0710 e. The van der Waals surface area contributed by atoms with Crippen molar-refractivity contribution in [2.45, 2.75) is 6.42 Å². The summed E-state index contributed by atoms with van der Waals surface area (Å²) in [6, 6.07) is 0. The fourth-order valence-corrected chi connectivity index (χ4v) is 0.927. The van der Waals surface area contributed by atoms with E-state index in [1.54, 1.807) is 0 Å². The van der Waals surface area contributed by atoms with Gasteiger partial charge >= 0.3 is 0 Å². The van der Waals surface area contributed by atoms with Gasteiger partial charge in [-0.05, 0) is 24.8 Å². The second kappa shape index (κ2) is 2.44. The minimum atomic E-state index is 0.657. The second-order valence-corrected chi connectivity index (χ2v) is 2.32. The predicted molar refractivity (Wildman–Crippen MR) is 30.8 cm³/mol. The molecule has 0 spiro atoms. The molecular weight excluding hydrogens is 104 g/mol. The van der Waals surface area contributed by atoms with Crippen molar-refractivity contribution in [3.63, 3.8) is 0 Å². The SMILES string of the molecule is NCC1CC1CON. The Hall–Kier alpha value is -0.120. The van der Waals surface area contributed by atoms with Gasteiger partial charge in [-0.3, -0.25) is 0 Å². The molecule has 1 rings (SSSR count). The van der Waals surface area contributed by atoms with E-state index < -0.39 is 0 Å². The molecular formula is C5H12N2O. The summed E-state index contributed by atoms with van der Waals surface area (Å²) in [6.07, 6.45) is 1.20. The van der Waals surface area contributed by atoms with E-state index in [0.29, 0.717) is 18.4 Å². The highest BCUT2D eigenvalue weighted by Gasteiger charge is 2.35. The zero-order valence-corrected chi connectivity index (χ0v) is 4.84. The van der Waals surface area contributed by atoms with Crippen molar-refractivity contribution in [3.8, 4) is 0 Å². The van der Waals surface area contributed by atoms with Crippen LogP contribution in [-0.2, 0) is 4.84 Å². The molecule has 0 saturated heterocycles. The van der Waals surface area contributed by atoms with Gasteiger partial charge in [0.1, 0.15) is 0 Å². The first-order valence-electron chi connectivity index (χ1n) is 2.90. The predicted octanol–water partition coefficient (Wildman–Crippen LogP) is -0.529. The molecule has 3 nitrogen and oxygen atoms in total. The monoisotopic (exact) mass is 116 g/mol. The van der Waals surface area contributed by atoms with Crippen LogP contribution in [0.25, 0.3) is 0 Å². The summed E-state index contributed by atoms with van der Waals surface area (Å²) >= 11 is 0. The molecule has 0 bridgehead atoms. The average Bonchev–Trinajstić information content (AvgIpc) is 2.48. The lowest BCUT2D eigenvalue weighted by atomic mass is 10.3. The third-order valence-electron chi connectivity index (χ3n) is 1.68. The number of rotatable bonds is 3. The summed E-state index contributed by atoms with van der Waals surface area (Å²) in [4.78, 5) is 4.44. The molecule has 1 aliphatic rings. The van der Waals surface area contributed by atoms with Gasteiger partial charge in [0.2, 0.25) is 0 Å². The normalized spacial score (nSPS) is 35.2. The first-order valence-corrected chi connectivity index (χ1v) is 2.90. The highest BCUT2D eigenvalue weighted by molar-refractivity contribution is 4.86. The first kappa shape index (κ1) is 6.01. The summed E-state index contributed by atoms with van der Waals surface area (Å²) in [5.41, 5.74) is 5.36. The number of nitrogens with two attached hydrogens (primary N) is 2. The van der Waals surface area contributed by atoms with Crippen molar-refractivity contribution >= 4 is 0 Å². The molecule has 1 fully saturated rings. The van der Waals surface area contributed by atoms with Gasteiger partial charge in [0.05, 0.1) is 6.61 Å². The molecule has 0 heterocycles. The van der Waals surface area contributed by atoms with Gasteiger partial charge in [0.15, 0.2) is 0 Å². The van der Waals surface area contributed by atoms with E-state index >= 15 is 0 Å². The van der Waals surface area contributed by atoms with Crippen LogP contribution in [0, 0.1) is 11.8 Å². The average molecular weight is 116 g/mol. The number of hydrogen-bond acceptors (Lipinski definition) is 3. The first-order chi connectivity index (χ1) is 3.88. The standard InChI is InChI=1S/C5H12N2O/c6-2-4-1-5(4)3-8-7/h4-5H,1-3,6-7H2. The van der Waals surface area contributed by atoms with Crippen LogP contribution in [0.3, 0.4) is 0 Å². The fourth-order valence-electron chi connectivity index (χ4n) is 0.927. The van der Waals surface area contributed by atoms with Gasteiger partial charge in [-0.1, -0.05) is 0 Å². The van der Waals surface area contributed by atoms with Crippen molar-refractivity contribution in [1.29, 1.82) is 0 Å². The van der Waals surface area contributed by atoms with Crippen LogP contribution >= 0.6 is 0 Å². The Bertz CT molecular complexity index is 76.8. The van der Waals surface area contributed by atoms with Gasteiger partial charge in [-0.15, -0.1) is 0 Å². The minimum absolute atomic E-state index is 0.657. The molecule has 0 aromatic rings. The van der Waals surface area contributed by atoms with Crippen molar-refractivity contribution in [3.05, 3.63) is 0 Å². The van der Waals surface area contributed by atoms with E-state index in [0.717, 1.165) is 6.54 Å². The Balaban J connectivity index is 1.99. The maximum atomic E-state index is 5.36. The highest BCUT2D eigenvalue weighted by atomic mass is 16.6. The maximum absolute atomic E-state index is 5.36. The summed E-state index contributed by atoms with van der Waals surface area (Å²) in [7, 11) is 0. The molecule has 3 heteroatoms. The fraction of sp³-hybridized carbons (Fsp3) is 1.00. The quantitative estimate of drug-likeness (QED) is 0.487. The lowest BCUT2D eigenvalue weighted by Gasteiger charge is -1.91. The lowest BCUT2D eigenvalue weighted by Crippen LogP contribution is -2.08. The zero-order valence-electron chi connectivity index (χ0n) is 4.84. The third-order valence-corrected chi connectivity index (χ3v) is 1.68. The molecule has 48 valence electrons. The van der Waals surface area contributed by atoms with Crippen LogP contribution in [0.2, 0.25) is 0 Å². The van der Waals surface area contributed by atoms with E-state index in [9.17, 15) is 0 Å². The molecule has 2 unspecified atom stereocenters. The molecule has 0 aromatic heterocycles. The Kier molecular flexibility index (Phi) is 1.83. The highest BCUT2D eigenvalue weighted by Crippen LogP contribution is 2.36. The van der Waals surface area contributed by atoms with Gasteiger partial charge in [0, 0.05) is 0 Å². The van der Waals surface area contributed by atoms with E-state index in [1.807, 2.05) is 0 Å². The van der Waals surface area contributed by atoms with Gasteiger partial charge in [0.25, 0.3) is 0 Å². The van der Waals surface area contributed by atoms with Crippen molar-refractivity contribution < 1.29 is 4.84 Å². The summed E-state index contributed by atoms with van der Waals surface area (Å²) < 4.78 is 0. The van der Waals surface area contributed by atoms with E-state index in [1.165, 1.54) is 6.42 Å². The number of hydrogen-bond donors (Lipinski definition) is 2. The van der Waals surface area contributed by atoms with Crippen LogP contribution in [-0.4, -0.2) is 13.2 Å². The van der Waals surface area contributed by atoms with Crippen molar-refractivity contribution in [2.75, 3.05) is 13.2 Å². The van der Waals surface area contributed by atoms with Crippen LogP contribution in [0.15, 0.2) is 0 Å². The van der Waals surface area contributed by atoms with E-state index in [2.05, 4.69) is 4.84 Å². The summed E-state index contributed by atoms with van der Waals surface area (Å²) in [6.45, 7) is 1.47. The molecule has 0 aliphatic heterocycles. The smallest absolute Gasteiger partial charge is 0.0710 e. The Morgan fingerprint density at radius 1 is 1.50 bits per heavy atom. The van der Waals surface area contributed by atoms with E-state index in [4.69, 9.17) is 11.6 Å². The molecule has 0 radical (unpaired) electrons. The second-order valence-electron chi connectivity index (χ2n) is 2.32. The Morgan fingerprint density at radius 3 is 2.62 bits per heavy atom. The molecule has 2 atom stereocenters. The van der Waals surface area contributed by atoms with Crippen molar-refractivity contribution in [2.24, 2.45) is 23.5 Å². The summed E-state index contributed by atoms with van der Waals surface area (Å²) in [5.74, 6) is 6.20. The molecule has 1 aliphatic carbocycles. The van der Waals surface area contributed by atoms with Crippen LogP contribution < -0.4 is 11.6 Å². The lowest BCUT2D eigenvalue weighted by molar-refractivity contribution is 0.124. The van der Waals surface area contributed by atoms with Crippen molar-refractivity contribution in [1.82, 2.24) is 0 Å². The topological polar surface area (TPSA) is 61.3 Å². The van der Waals surface area contributed by atoms with Crippen LogP contribution in [0.1, 0.15) is 6.42 Å². The molecule has 8 heavy (non-hydrogen) atoms. The van der Waals surface area contributed by atoms with Gasteiger partial charge < -0.3 is 10.6 Å². The van der Waals surface area contributed by atoms with Gasteiger partial charge in [-0.2, -0.15) is 0 Å². The molecule has 4 N–H and O–H groups in total. The Morgan fingerprint density at radius 2 is 2.25 bits per heavy atom. The van der Waals surface area contributed by atoms with Crippen LogP contribution in [0.5, 0.6) is 0 Å². The van der Waals surface area contributed by atoms with E-state index in [-0.39, 0.29) is 0 Å². The molecule has 1 saturated carbocycles.